The van der Waals surface area contributed by atoms with E-state index in [-0.39, 0.29) is 22.1 Å². The molecule has 0 aromatic heterocycles. The second-order valence-corrected chi connectivity index (χ2v) is 10.9. The molecular weight excluding hydrogens is 452 g/mol. The highest BCUT2D eigenvalue weighted by molar-refractivity contribution is 7.90. The molecule has 0 aliphatic carbocycles. The summed E-state index contributed by atoms with van der Waals surface area (Å²) in [5.74, 6) is -0.0540. The van der Waals surface area contributed by atoms with Crippen LogP contribution in [0.15, 0.2) is 53.4 Å². The fraction of sp³-hybridized carbons (Fsp3) is 0.409. The van der Waals surface area contributed by atoms with Crippen LogP contribution in [0.1, 0.15) is 51.0 Å². The first-order chi connectivity index (χ1) is 15.1. The molecule has 0 aliphatic rings. The molecule has 10 heteroatoms. The molecule has 2 N–H and O–H groups in total. The molecule has 176 valence electrons. The Kier molecular flexibility index (Phi) is 9.52. The number of hydrogen-bond acceptors (Lipinski definition) is 6. The molecule has 2 aromatic rings. The maximum atomic E-state index is 12.3. The molecular formula is C22H30N2O6S2. The fourth-order valence-electron chi connectivity index (χ4n) is 2.93. The summed E-state index contributed by atoms with van der Waals surface area (Å²) in [6.45, 7) is 3.94. The van der Waals surface area contributed by atoms with Gasteiger partial charge in [0.15, 0.2) is 0 Å². The maximum Gasteiger partial charge on any atom is 0.333 e. The Hall–Kier alpha value is -2.59. The standard InChI is InChI=1S/C22H30N2O6S2/c1-3-4-5-6-7-8-16-31(26,27)30-20-11-9-10-19(17-20)23-22(25)24-32(28,29)21-14-12-18(2)13-15-21/h9-15,17H,3-8,16H2,1-2H3,(H2,23,24,25). The summed E-state index contributed by atoms with van der Waals surface area (Å²) in [5.41, 5.74) is 1.07. The fourth-order valence-corrected chi connectivity index (χ4v) is 4.87. The van der Waals surface area contributed by atoms with E-state index in [0.717, 1.165) is 37.7 Å². The van der Waals surface area contributed by atoms with Crippen LogP contribution in [0.3, 0.4) is 0 Å². The zero-order valence-electron chi connectivity index (χ0n) is 18.3. The van der Waals surface area contributed by atoms with Gasteiger partial charge < -0.3 is 9.50 Å². The Balaban J connectivity index is 1.91. The number of carbonyl (C=O) groups is 1. The van der Waals surface area contributed by atoms with Crippen LogP contribution >= 0.6 is 0 Å². The van der Waals surface area contributed by atoms with Crippen LogP contribution in [0.5, 0.6) is 5.75 Å². The van der Waals surface area contributed by atoms with Gasteiger partial charge in [0, 0.05) is 11.8 Å². The van der Waals surface area contributed by atoms with Crippen molar-refractivity contribution in [2.45, 2.75) is 57.3 Å². The van der Waals surface area contributed by atoms with Crippen molar-refractivity contribution >= 4 is 31.9 Å². The largest absolute Gasteiger partial charge is 0.382 e. The second-order valence-electron chi connectivity index (χ2n) is 7.51. The van der Waals surface area contributed by atoms with Crippen LogP contribution < -0.4 is 14.2 Å². The van der Waals surface area contributed by atoms with Crippen molar-refractivity contribution in [2.24, 2.45) is 0 Å². The Morgan fingerprint density at radius 3 is 2.25 bits per heavy atom. The van der Waals surface area contributed by atoms with E-state index in [9.17, 15) is 21.6 Å². The van der Waals surface area contributed by atoms with Gasteiger partial charge >= 0.3 is 16.1 Å². The van der Waals surface area contributed by atoms with Gasteiger partial charge in [-0.25, -0.2) is 17.9 Å². The summed E-state index contributed by atoms with van der Waals surface area (Å²) >= 11 is 0. The van der Waals surface area contributed by atoms with Crippen LogP contribution in [0.4, 0.5) is 10.5 Å². The lowest BCUT2D eigenvalue weighted by atomic mass is 10.1. The molecule has 32 heavy (non-hydrogen) atoms. The van der Waals surface area contributed by atoms with Crippen molar-refractivity contribution in [3.63, 3.8) is 0 Å². The predicted octanol–water partition coefficient (Wildman–Crippen LogP) is 4.57. The van der Waals surface area contributed by atoms with E-state index in [1.54, 1.807) is 12.1 Å². The van der Waals surface area contributed by atoms with Gasteiger partial charge in [0.25, 0.3) is 10.0 Å². The second kappa shape index (κ2) is 11.9. The minimum atomic E-state index is -4.04. The van der Waals surface area contributed by atoms with E-state index in [2.05, 4.69) is 12.2 Å². The van der Waals surface area contributed by atoms with Gasteiger partial charge in [0.2, 0.25) is 0 Å². The summed E-state index contributed by atoms with van der Waals surface area (Å²) in [6, 6.07) is 10.8. The molecule has 0 saturated carbocycles. The molecule has 0 unspecified atom stereocenters. The molecule has 0 spiro atoms. The Labute approximate surface area is 190 Å². The number of hydrogen-bond donors (Lipinski definition) is 2. The number of rotatable bonds is 12. The molecule has 0 radical (unpaired) electrons. The van der Waals surface area contributed by atoms with Gasteiger partial charge in [0.05, 0.1) is 10.6 Å². The van der Waals surface area contributed by atoms with Gasteiger partial charge in [-0.1, -0.05) is 62.8 Å². The predicted molar refractivity (Wildman–Crippen MR) is 125 cm³/mol. The molecule has 0 bridgehead atoms. The van der Waals surface area contributed by atoms with Crippen LogP contribution in [0.25, 0.3) is 0 Å². The van der Waals surface area contributed by atoms with E-state index in [1.807, 2.05) is 11.6 Å². The molecule has 0 atom stereocenters. The van der Waals surface area contributed by atoms with Crippen molar-refractivity contribution in [3.8, 4) is 5.75 Å². The monoisotopic (exact) mass is 482 g/mol. The molecule has 8 nitrogen and oxygen atoms in total. The highest BCUT2D eigenvalue weighted by atomic mass is 32.2. The number of benzene rings is 2. The lowest BCUT2D eigenvalue weighted by Crippen LogP contribution is -2.34. The van der Waals surface area contributed by atoms with Gasteiger partial charge in [-0.3, -0.25) is 0 Å². The normalized spacial score (nSPS) is 11.7. The average Bonchev–Trinajstić information content (AvgIpc) is 2.70. The van der Waals surface area contributed by atoms with E-state index in [4.69, 9.17) is 4.18 Å². The third kappa shape index (κ3) is 8.88. The van der Waals surface area contributed by atoms with Gasteiger partial charge in [-0.15, -0.1) is 0 Å². The van der Waals surface area contributed by atoms with Crippen LogP contribution in [0, 0.1) is 6.92 Å². The Morgan fingerprint density at radius 1 is 0.906 bits per heavy atom. The maximum absolute atomic E-state index is 12.3. The molecule has 2 aromatic carbocycles. The summed E-state index contributed by atoms with van der Waals surface area (Å²) in [6.07, 6.45) is 5.68. The first-order valence-corrected chi connectivity index (χ1v) is 13.6. The van der Waals surface area contributed by atoms with Crippen molar-refractivity contribution in [1.29, 1.82) is 0 Å². The van der Waals surface area contributed by atoms with Crippen LogP contribution in [-0.4, -0.2) is 28.6 Å². The number of unbranched alkanes of at least 4 members (excludes halogenated alkanes) is 5. The van der Waals surface area contributed by atoms with Gasteiger partial charge in [0.1, 0.15) is 5.75 Å². The first kappa shape index (κ1) is 25.7. The Morgan fingerprint density at radius 2 is 1.56 bits per heavy atom. The minimum Gasteiger partial charge on any atom is -0.382 e. The molecule has 0 saturated heterocycles. The van der Waals surface area contributed by atoms with Crippen molar-refractivity contribution < 1.29 is 25.8 Å². The smallest absolute Gasteiger partial charge is 0.333 e. The molecule has 0 aliphatic heterocycles. The quantitative estimate of drug-likeness (QED) is 0.338. The first-order valence-electron chi connectivity index (χ1n) is 10.5. The van der Waals surface area contributed by atoms with Crippen molar-refractivity contribution in [3.05, 3.63) is 54.1 Å². The number of nitrogens with one attached hydrogen (secondary N) is 2. The number of anilines is 1. The van der Waals surface area contributed by atoms with E-state index < -0.39 is 26.2 Å². The van der Waals surface area contributed by atoms with Gasteiger partial charge in [-0.05, 0) is 37.6 Å². The highest BCUT2D eigenvalue weighted by Crippen LogP contribution is 2.20. The summed E-state index contributed by atoms with van der Waals surface area (Å²) in [4.78, 5) is 12.1. The lowest BCUT2D eigenvalue weighted by Gasteiger charge is -2.11. The highest BCUT2D eigenvalue weighted by Gasteiger charge is 2.18. The Bertz CT molecular complexity index is 1100. The zero-order chi connectivity index (χ0) is 23.6. The molecule has 2 amide bonds. The third-order valence-electron chi connectivity index (χ3n) is 4.62. The summed E-state index contributed by atoms with van der Waals surface area (Å²) in [7, 11) is -7.81. The molecule has 0 heterocycles. The van der Waals surface area contributed by atoms with Crippen molar-refractivity contribution in [2.75, 3.05) is 11.1 Å². The number of carbonyl (C=O) groups excluding carboxylic acids is 1. The number of sulfonamides is 1. The number of urea groups is 1. The lowest BCUT2D eigenvalue weighted by molar-refractivity contribution is 0.256. The average molecular weight is 483 g/mol. The number of amides is 2. The summed E-state index contributed by atoms with van der Waals surface area (Å²) in [5, 5.41) is 2.37. The molecule has 0 fully saturated rings. The number of aryl methyl sites for hydroxylation is 1. The van der Waals surface area contributed by atoms with E-state index >= 15 is 0 Å². The summed E-state index contributed by atoms with van der Waals surface area (Å²) < 4.78 is 56.0. The SMILES string of the molecule is CCCCCCCCS(=O)(=O)Oc1cccc(NC(=O)NS(=O)(=O)c2ccc(C)cc2)c1. The third-order valence-corrected chi connectivity index (χ3v) is 7.20. The van der Waals surface area contributed by atoms with Crippen molar-refractivity contribution in [1.82, 2.24) is 4.72 Å². The van der Waals surface area contributed by atoms with Crippen LogP contribution in [0.2, 0.25) is 0 Å². The van der Waals surface area contributed by atoms with Gasteiger partial charge in [-0.2, -0.15) is 8.42 Å². The van der Waals surface area contributed by atoms with Crippen LogP contribution in [-0.2, 0) is 20.1 Å². The topological polar surface area (TPSA) is 119 Å². The van der Waals surface area contributed by atoms with E-state index in [1.165, 1.54) is 36.4 Å². The minimum absolute atomic E-state index is 0.0372. The zero-order valence-corrected chi connectivity index (χ0v) is 20.0. The van der Waals surface area contributed by atoms with E-state index in [0.29, 0.717) is 6.42 Å². The molecule has 2 rings (SSSR count).